The molecule has 21 heavy (non-hydrogen) atoms. The van der Waals surface area contributed by atoms with Crippen LogP contribution in [0.3, 0.4) is 0 Å². The lowest BCUT2D eigenvalue weighted by Gasteiger charge is -2.28. The van der Waals surface area contributed by atoms with Gasteiger partial charge in [0.25, 0.3) is 0 Å². The summed E-state index contributed by atoms with van der Waals surface area (Å²) in [4.78, 5) is 19.3. The molecule has 2 N–H and O–H groups in total. The first kappa shape index (κ1) is 17.1. The Kier molecular flexibility index (Phi) is 5.87. The van der Waals surface area contributed by atoms with Crippen molar-refractivity contribution in [1.29, 1.82) is 0 Å². The zero-order chi connectivity index (χ0) is 16.0. The standard InChI is InChI=1S/C14H25N5O2/c1-6-9-15-13-16-10(4)11(19(20)21)12(17-13)18-14(5,7-2)8-3/h6-9H2,1-5H3,(H2,15,16,17,18). The lowest BCUT2D eigenvalue weighted by molar-refractivity contribution is -0.385. The Bertz CT molecular complexity index is 500. The second kappa shape index (κ2) is 7.19. The number of aromatic nitrogens is 2. The molecule has 1 aromatic rings. The molecule has 1 heterocycles. The van der Waals surface area contributed by atoms with E-state index in [1.54, 1.807) is 6.92 Å². The van der Waals surface area contributed by atoms with Gasteiger partial charge in [0.1, 0.15) is 5.69 Å². The van der Waals surface area contributed by atoms with Gasteiger partial charge in [-0.25, -0.2) is 4.98 Å². The number of nitrogens with one attached hydrogen (secondary N) is 2. The summed E-state index contributed by atoms with van der Waals surface area (Å²) in [6, 6.07) is 0. The van der Waals surface area contributed by atoms with E-state index in [0.717, 1.165) is 25.8 Å². The van der Waals surface area contributed by atoms with Gasteiger partial charge in [0.15, 0.2) is 0 Å². The van der Waals surface area contributed by atoms with Crippen molar-refractivity contribution in [2.75, 3.05) is 17.2 Å². The molecule has 0 bridgehead atoms. The van der Waals surface area contributed by atoms with E-state index in [1.165, 1.54) is 0 Å². The molecule has 0 aliphatic heterocycles. The van der Waals surface area contributed by atoms with E-state index in [9.17, 15) is 10.1 Å². The Balaban J connectivity index is 3.24. The van der Waals surface area contributed by atoms with Gasteiger partial charge in [-0.1, -0.05) is 20.8 Å². The maximum absolute atomic E-state index is 11.3. The van der Waals surface area contributed by atoms with Gasteiger partial charge in [-0.3, -0.25) is 10.1 Å². The summed E-state index contributed by atoms with van der Waals surface area (Å²) < 4.78 is 0. The first-order valence-corrected chi connectivity index (χ1v) is 7.42. The summed E-state index contributed by atoms with van der Waals surface area (Å²) in [5.41, 5.74) is 0.0870. The molecular formula is C14H25N5O2. The van der Waals surface area contributed by atoms with Gasteiger partial charge in [-0.2, -0.15) is 4.98 Å². The summed E-state index contributed by atoms with van der Waals surface area (Å²) in [6.07, 6.45) is 2.63. The fraction of sp³-hybridized carbons (Fsp3) is 0.714. The maximum Gasteiger partial charge on any atom is 0.332 e. The van der Waals surface area contributed by atoms with Crippen LogP contribution in [0.5, 0.6) is 0 Å². The first-order valence-electron chi connectivity index (χ1n) is 7.42. The summed E-state index contributed by atoms with van der Waals surface area (Å²) in [5, 5.41) is 17.6. The predicted octanol–water partition coefficient (Wildman–Crippen LogP) is 3.51. The van der Waals surface area contributed by atoms with Crippen molar-refractivity contribution in [3.05, 3.63) is 15.8 Å². The molecule has 7 heteroatoms. The number of hydrogen-bond donors (Lipinski definition) is 2. The smallest absolute Gasteiger partial charge is 0.332 e. The Morgan fingerprint density at radius 3 is 2.33 bits per heavy atom. The molecule has 0 aliphatic rings. The fourth-order valence-corrected chi connectivity index (χ4v) is 1.90. The number of nitro groups is 1. The number of aryl methyl sites for hydroxylation is 1. The number of hydrogen-bond acceptors (Lipinski definition) is 6. The zero-order valence-corrected chi connectivity index (χ0v) is 13.5. The van der Waals surface area contributed by atoms with E-state index in [-0.39, 0.29) is 17.0 Å². The van der Waals surface area contributed by atoms with Crippen LogP contribution in [-0.4, -0.2) is 27.0 Å². The molecule has 0 spiro atoms. The summed E-state index contributed by atoms with van der Waals surface area (Å²) >= 11 is 0. The lowest BCUT2D eigenvalue weighted by atomic mass is 9.95. The van der Waals surface area contributed by atoms with E-state index in [0.29, 0.717) is 11.6 Å². The average Bonchev–Trinajstić information content (AvgIpc) is 2.44. The van der Waals surface area contributed by atoms with Crippen LogP contribution in [0.4, 0.5) is 17.5 Å². The molecule has 118 valence electrons. The molecule has 0 aromatic carbocycles. The van der Waals surface area contributed by atoms with Crippen molar-refractivity contribution >= 4 is 17.5 Å². The third-order valence-corrected chi connectivity index (χ3v) is 3.75. The molecule has 0 aliphatic carbocycles. The van der Waals surface area contributed by atoms with Crippen molar-refractivity contribution < 1.29 is 4.92 Å². The van der Waals surface area contributed by atoms with Crippen LogP contribution in [-0.2, 0) is 0 Å². The maximum atomic E-state index is 11.3. The highest BCUT2D eigenvalue weighted by molar-refractivity contribution is 5.61. The largest absolute Gasteiger partial charge is 0.359 e. The van der Waals surface area contributed by atoms with Crippen LogP contribution < -0.4 is 10.6 Å². The van der Waals surface area contributed by atoms with Crippen LogP contribution in [0.15, 0.2) is 0 Å². The molecule has 0 fully saturated rings. The van der Waals surface area contributed by atoms with Crippen LogP contribution in [0.2, 0.25) is 0 Å². The minimum absolute atomic E-state index is 0.0508. The fourth-order valence-electron chi connectivity index (χ4n) is 1.90. The second-order valence-electron chi connectivity index (χ2n) is 5.41. The number of rotatable bonds is 8. The van der Waals surface area contributed by atoms with Gasteiger partial charge in [0, 0.05) is 12.1 Å². The van der Waals surface area contributed by atoms with Crippen LogP contribution in [0, 0.1) is 17.0 Å². The van der Waals surface area contributed by atoms with E-state index in [4.69, 9.17) is 0 Å². The van der Waals surface area contributed by atoms with E-state index >= 15 is 0 Å². The Morgan fingerprint density at radius 1 is 1.24 bits per heavy atom. The molecule has 0 amide bonds. The monoisotopic (exact) mass is 295 g/mol. The van der Waals surface area contributed by atoms with Crippen molar-refractivity contribution in [1.82, 2.24) is 9.97 Å². The first-order chi connectivity index (χ1) is 9.86. The molecule has 1 rings (SSSR count). The van der Waals surface area contributed by atoms with Gasteiger partial charge >= 0.3 is 5.69 Å². The van der Waals surface area contributed by atoms with Gasteiger partial charge in [0.2, 0.25) is 11.8 Å². The molecule has 7 nitrogen and oxygen atoms in total. The minimum atomic E-state index is -0.424. The van der Waals surface area contributed by atoms with E-state index < -0.39 is 4.92 Å². The SMILES string of the molecule is CCCNc1nc(C)c([N+](=O)[O-])c(NC(C)(CC)CC)n1. The molecule has 0 saturated heterocycles. The summed E-state index contributed by atoms with van der Waals surface area (Å²) in [5.74, 6) is 0.717. The molecule has 1 aromatic heterocycles. The van der Waals surface area contributed by atoms with E-state index in [2.05, 4.69) is 20.6 Å². The van der Waals surface area contributed by atoms with Crippen molar-refractivity contribution in [2.24, 2.45) is 0 Å². The van der Waals surface area contributed by atoms with Gasteiger partial charge in [-0.15, -0.1) is 0 Å². The molecular weight excluding hydrogens is 270 g/mol. The highest BCUT2D eigenvalue weighted by Gasteiger charge is 2.28. The average molecular weight is 295 g/mol. The van der Waals surface area contributed by atoms with E-state index in [1.807, 2.05) is 27.7 Å². The topological polar surface area (TPSA) is 93.0 Å². The van der Waals surface area contributed by atoms with Crippen LogP contribution in [0.1, 0.15) is 52.7 Å². The van der Waals surface area contributed by atoms with Crippen LogP contribution in [0.25, 0.3) is 0 Å². The number of anilines is 2. The molecule has 0 radical (unpaired) electrons. The highest BCUT2D eigenvalue weighted by atomic mass is 16.6. The van der Waals surface area contributed by atoms with Gasteiger partial charge < -0.3 is 10.6 Å². The summed E-state index contributed by atoms with van der Waals surface area (Å²) in [6.45, 7) is 10.5. The molecule has 0 saturated carbocycles. The van der Waals surface area contributed by atoms with Crippen molar-refractivity contribution in [2.45, 2.75) is 59.4 Å². The normalized spacial score (nSPS) is 11.3. The Hall–Kier alpha value is -1.92. The third-order valence-electron chi connectivity index (χ3n) is 3.75. The second-order valence-corrected chi connectivity index (χ2v) is 5.41. The molecule has 0 unspecified atom stereocenters. The van der Waals surface area contributed by atoms with Crippen molar-refractivity contribution in [3.63, 3.8) is 0 Å². The Labute approximate surface area is 125 Å². The zero-order valence-electron chi connectivity index (χ0n) is 13.5. The highest BCUT2D eigenvalue weighted by Crippen LogP contribution is 2.30. The predicted molar refractivity (Wildman–Crippen MR) is 84.8 cm³/mol. The van der Waals surface area contributed by atoms with Crippen LogP contribution >= 0.6 is 0 Å². The number of nitrogens with zero attached hydrogens (tertiary/aromatic N) is 3. The summed E-state index contributed by atoms with van der Waals surface area (Å²) in [7, 11) is 0. The Morgan fingerprint density at radius 2 is 1.86 bits per heavy atom. The minimum Gasteiger partial charge on any atom is -0.359 e. The van der Waals surface area contributed by atoms with Gasteiger partial charge in [-0.05, 0) is 33.1 Å². The molecule has 0 atom stereocenters. The lowest BCUT2D eigenvalue weighted by Crippen LogP contribution is -2.34. The third kappa shape index (κ3) is 4.27. The van der Waals surface area contributed by atoms with Crippen molar-refractivity contribution in [3.8, 4) is 0 Å². The van der Waals surface area contributed by atoms with Gasteiger partial charge in [0.05, 0.1) is 4.92 Å². The quantitative estimate of drug-likeness (QED) is 0.563.